The summed E-state index contributed by atoms with van der Waals surface area (Å²) in [7, 11) is 0. The lowest BCUT2D eigenvalue weighted by molar-refractivity contribution is 1.11. The monoisotopic (exact) mass is 356 g/mol. The molecule has 0 saturated heterocycles. The molecule has 2 heterocycles. The van der Waals surface area contributed by atoms with E-state index in [1.54, 1.807) is 22.6 Å². The first-order chi connectivity index (χ1) is 9.06. The number of fused-ring (bicyclic) bond motifs is 1. The van der Waals surface area contributed by atoms with Crippen LogP contribution in [0.15, 0.2) is 34.9 Å². The van der Waals surface area contributed by atoms with Gasteiger partial charge in [0, 0.05) is 16.2 Å². The summed E-state index contributed by atoms with van der Waals surface area (Å²) in [5.74, 6) is 0.654. The molecule has 4 nitrogen and oxygen atoms in total. The van der Waals surface area contributed by atoms with E-state index in [2.05, 4.69) is 26.1 Å². The number of hydrogen-bond donors (Lipinski definition) is 1. The number of nitrogens with zero attached hydrogens (tertiary/aromatic N) is 3. The lowest BCUT2D eigenvalue weighted by Gasteiger charge is -2.04. The van der Waals surface area contributed by atoms with Gasteiger partial charge in [0.1, 0.15) is 0 Å². The van der Waals surface area contributed by atoms with Gasteiger partial charge in [-0.2, -0.15) is 0 Å². The number of aromatic nitrogens is 3. The van der Waals surface area contributed by atoms with Gasteiger partial charge in [-0.05, 0) is 40.2 Å². The van der Waals surface area contributed by atoms with Crippen LogP contribution in [-0.4, -0.2) is 14.6 Å². The van der Waals surface area contributed by atoms with E-state index in [1.165, 1.54) is 0 Å². The summed E-state index contributed by atoms with van der Waals surface area (Å²) in [6.07, 6.45) is 1.85. The number of nitrogen functional groups attached to an aromatic ring is 1. The Kier molecular flexibility index (Phi) is 3.12. The lowest BCUT2D eigenvalue weighted by Crippen LogP contribution is -1.94. The van der Waals surface area contributed by atoms with Crippen LogP contribution in [0.5, 0.6) is 0 Å². The minimum atomic E-state index is 0.471. The summed E-state index contributed by atoms with van der Waals surface area (Å²) in [5, 5.41) is 9.20. The van der Waals surface area contributed by atoms with Crippen molar-refractivity contribution in [1.82, 2.24) is 14.6 Å². The van der Waals surface area contributed by atoms with Crippen molar-refractivity contribution in [2.45, 2.75) is 0 Å². The van der Waals surface area contributed by atoms with E-state index in [1.807, 2.05) is 12.3 Å². The van der Waals surface area contributed by atoms with Crippen molar-refractivity contribution in [2.24, 2.45) is 0 Å². The predicted octanol–water partition coefficient (Wildman–Crippen LogP) is 4.05. The van der Waals surface area contributed by atoms with E-state index in [4.69, 9.17) is 28.9 Å². The molecule has 0 unspecified atom stereocenters. The van der Waals surface area contributed by atoms with E-state index in [0.29, 0.717) is 27.2 Å². The number of nitrogens with two attached hydrogens (primary N) is 1. The summed E-state index contributed by atoms with van der Waals surface area (Å²) in [4.78, 5) is 0. The predicted molar refractivity (Wildman–Crippen MR) is 80.6 cm³/mol. The molecule has 2 aromatic heterocycles. The van der Waals surface area contributed by atoms with E-state index in [-0.39, 0.29) is 0 Å². The van der Waals surface area contributed by atoms with Crippen LogP contribution in [0.2, 0.25) is 10.0 Å². The van der Waals surface area contributed by atoms with Crippen molar-refractivity contribution < 1.29 is 0 Å². The highest BCUT2D eigenvalue weighted by Crippen LogP contribution is 2.29. The molecule has 0 fully saturated rings. The fraction of sp³-hybridized carbons (Fsp3) is 0. The van der Waals surface area contributed by atoms with Crippen LogP contribution in [0, 0.1) is 0 Å². The number of rotatable bonds is 1. The quantitative estimate of drug-likeness (QED) is 0.714. The summed E-state index contributed by atoms with van der Waals surface area (Å²) in [6, 6.07) is 7.09. The Morgan fingerprint density at radius 1 is 1.11 bits per heavy atom. The van der Waals surface area contributed by atoms with Crippen molar-refractivity contribution in [3.63, 3.8) is 0 Å². The summed E-state index contributed by atoms with van der Waals surface area (Å²) in [5.41, 5.74) is 7.87. The Bertz CT molecular complexity index is 785. The van der Waals surface area contributed by atoms with Crippen molar-refractivity contribution in [3.05, 3.63) is 45.0 Å². The molecule has 0 atom stereocenters. The van der Waals surface area contributed by atoms with E-state index in [9.17, 15) is 0 Å². The number of pyridine rings is 1. The van der Waals surface area contributed by atoms with Gasteiger partial charge in [0.25, 0.3) is 0 Å². The van der Waals surface area contributed by atoms with Crippen LogP contribution >= 0.6 is 39.1 Å². The Labute approximate surface area is 127 Å². The largest absolute Gasteiger partial charge is 0.396 e. The molecule has 0 amide bonds. The van der Waals surface area contributed by atoms with Crippen LogP contribution in [0.4, 0.5) is 5.69 Å². The van der Waals surface area contributed by atoms with E-state index >= 15 is 0 Å². The molecule has 0 bridgehead atoms. The third-order valence-electron chi connectivity index (χ3n) is 2.68. The molecule has 0 saturated carbocycles. The third-order valence-corrected chi connectivity index (χ3v) is 3.85. The van der Waals surface area contributed by atoms with Gasteiger partial charge in [0.15, 0.2) is 11.5 Å². The molecule has 3 rings (SSSR count). The fourth-order valence-corrected chi connectivity index (χ4v) is 2.57. The maximum absolute atomic E-state index is 6.02. The minimum Gasteiger partial charge on any atom is -0.396 e. The van der Waals surface area contributed by atoms with Gasteiger partial charge in [0.05, 0.1) is 15.7 Å². The maximum atomic E-state index is 6.02. The third kappa shape index (κ3) is 2.18. The van der Waals surface area contributed by atoms with E-state index < -0.39 is 0 Å². The molecule has 0 radical (unpaired) electrons. The SMILES string of the molecule is Nc1cc(Br)cn2c(-c3ccc(Cl)c(Cl)c3)nnc12. The van der Waals surface area contributed by atoms with Gasteiger partial charge in [-0.3, -0.25) is 4.40 Å². The van der Waals surface area contributed by atoms with Crippen molar-refractivity contribution in [2.75, 3.05) is 5.73 Å². The van der Waals surface area contributed by atoms with Gasteiger partial charge in [-0.15, -0.1) is 10.2 Å². The zero-order chi connectivity index (χ0) is 13.6. The highest BCUT2D eigenvalue weighted by Gasteiger charge is 2.12. The standard InChI is InChI=1S/C12H7BrCl2N4/c13-7-4-10(16)12-18-17-11(19(12)5-7)6-1-2-8(14)9(15)3-6/h1-5H,16H2. The molecular formula is C12H7BrCl2N4. The van der Waals surface area contributed by atoms with E-state index in [0.717, 1.165) is 10.0 Å². The van der Waals surface area contributed by atoms with Gasteiger partial charge in [-0.1, -0.05) is 23.2 Å². The molecule has 3 aromatic rings. The maximum Gasteiger partial charge on any atom is 0.184 e. The minimum absolute atomic E-state index is 0.471. The molecule has 0 aliphatic rings. The second-order valence-corrected chi connectivity index (χ2v) is 5.69. The van der Waals surface area contributed by atoms with Crippen molar-refractivity contribution >= 4 is 50.5 Å². The molecule has 0 aliphatic carbocycles. The zero-order valence-electron chi connectivity index (χ0n) is 9.44. The Morgan fingerprint density at radius 2 is 1.89 bits per heavy atom. The molecule has 0 spiro atoms. The molecule has 19 heavy (non-hydrogen) atoms. The fourth-order valence-electron chi connectivity index (χ4n) is 1.82. The van der Waals surface area contributed by atoms with Crippen LogP contribution in [0.1, 0.15) is 0 Å². The van der Waals surface area contributed by atoms with Gasteiger partial charge >= 0.3 is 0 Å². The number of halogens is 3. The Morgan fingerprint density at radius 3 is 2.63 bits per heavy atom. The first kappa shape index (κ1) is 12.7. The Balaban J connectivity index is 2.28. The summed E-state index contributed by atoms with van der Waals surface area (Å²) in [6.45, 7) is 0. The summed E-state index contributed by atoms with van der Waals surface area (Å²) >= 11 is 15.3. The van der Waals surface area contributed by atoms with Gasteiger partial charge in [-0.25, -0.2) is 0 Å². The van der Waals surface area contributed by atoms with Gasteiger partial charge in [0.2, 0.25) is 0 Å². The molecule has 0 aliphatic heterocycles. The average molecular weight is 358 g/mol. The topological polar surface area (TPSA) is 56.2 Å². The number of hydrogen-bond acceptors (Lipinski definition) is 3. The second-order valence-electron chi connectivity index (χ2n) is 3.96. The highest BCUT2D eigenvalue weighted by molar-refractivity contribution is 9.10. The normalized spacial score (nSPS) is 11.1. The average Bonchev–Trinajstić information content (AvgIpc) is 2.76. The van der Waals surface area contributed by atoms with Crippen LogP contribution in [0.3, 0.4) is 0 Å². The summed E-state index contributed by atoms with van der Waals surface area (Å²) < 4.78 is 2.65. The lowest BCUT2D eigenvalue weighted by atomic mass is 10.2. The molecule has 7 heteroatoms. The smallest absolute Gasteiger partial charge is 0.184 e. The van der Waals surface area contributed by atoms with Crippen molar-refractivity contribution in [1.29, 1.82) is 0 Å². The number of anilines is 1. The van der Waals surface area contributed by atoms with Crippen molar-refractivity contribution in [3.8, 4) is 11.4 Å². The van der Waals surface area contributed by atoms with Crippen LogP contribution in [-0.2, 0) is 0 Å². The first-order valence-electron chi connectivity index (χ1n) is 5.31. The molecule has 1 aromatic carbocycles. The van der Waals surface area contributed by atoms with Crippen LogP contribution < -0.4 is 5.73 Å². The molecule has 96 valence electrons. The Hall–Kier alpha value is -1.30. The van der Waals surface area contributed by atoms with Crippen LogP contribution in [0.25, 0.3) is 17.0 Å². The number of benzene rings is 1. The first-order valence-corrected chi connectivity index (χ1v) is 6.86. The highest BCUT2D eigenvalue weighted by atomic mass is 79.9. The second kappa shape index (κ2) is 4.67. The van der Waals surface area contributed by atoms with Gasteiger partial charge < -0.3 is 5.73 Å². The molecular weight excluding hydrogens is 351 g/mol. The molecule has 2 N–H and O–H groups in total. The zero-order valence-corrected chi connectivity index (χ0v) is 12.5.